The monoisotopic (exact) mass is 371 g/mol. The summed E-state index contributed by atoms with van der Waals surface area (Å²) in [6.45, 7) is -0.201. The molecule has 0 aliphatic rings. The van der Waals surface area contributed by atoms with Gasteiger partial charge in [0.25, 0.3) is 5.56 Å². The number of amides is 1. The second-order valence-electron chi connectivity index (χ2n) is 5.31. The number of ether oxygens (including phenoxy) is 2. The van der Waals surface area contributed by atoms with E-state index in [0.717, 1.165) is 9.56 Å². The second kappa shape index (κ2) is 7.83. The fraction of sp³-hybridized carbons (Fsp3) is 0.167. The summed E-state index contributed by atoms with van der Waals surface area (Å²) in [6.07, 6.45) is 0. The molecule has 0 aliphatic heterocycles. The normalized spacial score (nSPS) is 10.4. The van der Waals surface area contributed by atoms with Crippen LogP contribution in [0.2, 0.25) is 0 Å². The third-order valence-corrected chi connectivity index (χ3v) is 4.51. The molecule has 0 unspecified atom stereocenters. The molecule has 0 bridgehead atoms. The molecule has 1 aromatic carbocycles. The van der Waals surface area contributed by atoms with Gasteiger partial charge in [-0.3, -0.25) is 9.59 Å². The van der Waals surface area contributed by atoms with Gasteiger partial charge in [0.1, 0.15) is 23.7 Å². The molecule has 0 spiro atoms. The van der Waals surface area contributed by atoms with E-state index in [1.165, 1.54) is 24.5 Å². The molecule has 2 heterocycles. The van der Waals surface area contributed by atoms with Crippen molar-refractivity contribution in [2.24, 2.45) is 0 Å². The quantitative estimate of drug-likeness (QED) is 0.720. The van der Waals surface area contributed by atoms with E-state index in [0.29, 0.717) is 22.9 Å². The number of rotatable bonds is 6. The molecule has 0 saturated carbocycles. The minimum Gasteiger partial charge on any atom is -0.497 e. The van der Waals surface area contributed by atoms with E-state index < -0.39 is 0 Å². The second-order valence-corrected chi connectivity index (χ2v) is 6.25. The Kier molecular flexibility index (Phi) is 5.33. The number of benzene rings is 1. The van der Waals surface area contributed by atoms with Crippen LogP contribution in [0.4, 0.5) is 5.69 Å². The van der Waals surface area contributed by atoms with Crippen LogP contribution in [-0.4, -0.2) is 29.9 Å². The van der Waals surface area contributed by atoms with Crippen LogP contribution in [0.25, 0.3) is 10.6 Å². The van der Waals surface area contributed by atoms with E-state index in [-0.39, 0.29) is 18.0 Å². The Morgan fingerprint density at radius 1 is 1.19 bits per heavy atom. The number of nitrogens with zero attached hydrogens (tertiary/aromatic N) is 2. The van der Waals surface area contributed by atoms with Gasteiger partial charge in [-0.1, -0.05) is 6.07 Å². The molecule has 0 saturated heterocycles. The van der Waals surface area contributed by atoms with Crippen LogP contribution in [0.5, 0.6) is 11.5 Å². The maximum atomic E-state index is 12.4. The summed E-state index contributed by atoms with van der Waals surface area (Å²) in [5.41, 5.74) is 0.789. The van der Waals surface area contributed by atoms with Gasteiger partial charge in [0.2, 0.25) is 5.91 Å². The highest BCUT2D eigenvalue weighted by molar-refractivity contribution is 7.13. The maximum Gasteiger partial charge on any atom is 0.267 e. The summed E-state index contributed by atoms with van der Waals surface area (Å²) in [7, 11) is 3.05. The number of methoxy groups -OCH3 is 2. The molecule has 8 heteroatoms. The molecule has 0 radical (unpaired) electrons. The van der Waals surface area contributed by atoms with Gasteiger partial charge in [0.15, 0.2) is 0 Å². The lowest BCUT2D eigenvalue weighted by molar-refractivity contribution is -0.117. The average molecular weight is 371 g/mol. The fourth-order valence-electron chi connectivity index (χ4n) is 2.35. The number of carbonyl (C=O) groups excluding carboxylic acids is 1. The zero-order valence-electron chi connectivity index (χ0n) is 14.3. The van der Waals surface area contributed by atoms with Gasteiger partial charge in [-0.25, -0.2) is 4.68 Å². The minimum absolute atomic E-state index is 0.201. The first kappa shape index (κ1) is 17.7. The van der Waals surface area contributed by atoms with Crippen molar-refractivity contribution in [3.05, 3.63) is 58.2 Å². The Balaban J connectivity index is 1.78. The van der Waals surface area contributed by atoms with Crippen LogP contribution in [0.3, 0.4) is 0 Å². The SMILES string of the molecule is COc1ccc(NC(=O)Cn2nc(-c3cccs3)ccc2=O)c(OC)c1. The molecule has 134 valence electrons. The van der Waals surface area contributed by atoms with Crippen molar-refractivity contribution in [3.8, 4) is 22.1 Å². The van der Waals surface area contributed by atoms with Crippen LogP contribution in [0, 0.1) is 0 Å². The first-order chi connectivity index (χ1) is 12.6. The van der Waals surface area contributed by atoms with Crippen LogP contribution in [-0.2, 0) is 11.3 Å². The number of hydrogen-bond donors (Lipinski definition) is 1. The lowest BCUT2D eigenvalue weighted by atomic mass is 10.2. The van der Waals surface area contributed by atoms with Crippen molar-refractivity contribution < 1.29 is 14.3 Å². The Labute approximate surface area is 153 Å². The number of aromatic nitrogens is 2. The van der Waals surface area contributed by atoms with Crippen molar-refractivity contribution in [3.63, 3.8) is 0 Å². The zero-order chi connectivity index (χ0) is 18.5. The van der Waals surface area contributed by atoms with Crippen LogP contribution in [0.15, 0.2) is 52.6 Å². The lowest BCUT2D eigenvalue weighted by Gasteiger charge is -2.12. The van der Waals surface area contributed by atoms with E-state index >= 15 is 0 Å². The Bertz CT molecular complexity index is 967. The van der Waals surface area contributed by atoms with Crippen molar-refractivity contribution >= 4 is 22.9 Å². The third-order valence-electron chi connectivity index (χ3n) is 3.62. The first-order valence-electron chi connectivity index (χ1n) is 7.74. The molecule has 0 atom stereocenters. The van der Waals surface area contributed by atoms with Gasteiger partial charge >= 0.3 is 0 Å². The summed E-state index contributed by atoms with van der Waals surface area (Å²) in [6, 6.07) is 11.9. The summed E-state index contributed by atoms with van der Waals surface area (Å²) in [5, 5.41) is 8.92. The number of hydrogen-bond acceptors (Lipinski definition) is 6. The molecule has 1 N–H and O–H groups in total. The summed E-state index contributed by atoms with van der Waals surface area (Å²) in [4.78, 5) is 25.3. The molecular weight excluding hydrogens is 354 g/mol. The van der Waals surface area contributed by atoms with Crippen LogP contribution < -0.4 is 20.3 Å². The van der Waals surface area contributed by atoms with E-state index in [2.05, 4.69) is 10.4 Å². The van der Waals surface area contributed by atoms with E-state index in [1.807, 2.05) is 17.5 Å². The molecule has 7 nitrogen and oxygen atoms in total. The smallest absolute Gasteiger partial charge is 0.267 e. The number of nitrogens with one attached hydrogen (secondary N) is 1. The molecule has 3 rings (SSSR count). The minimum atomic E-state index is -0.383. The average Bonchev–Trinajstić information content (AvgIpc) is 3.18. The standard InChI is InChI=1S/C18H17N3O4S/c1-24-12-5-6-13(15(10-12)25-2)19-17(22)11-21-18(23)8-7-14(20-21)16-4-3-9-26-16/h3-10H,11H2,1-2H3,(H,19,22). The van der Waals surface area contributed by atoms with Crippen molar-refractivity contribution in [1.29, 1.82) is 0 Å². The predicted molar refractivity (Wildman–Crippen MR) is 100.0 cm³/mol. The fourth-order valence-corrected chi connectivity index (χ4v) is 3.04. The molecule has 3 aromatic rings. The summed E-state index contributed by atoms with van der Waals surface area (Å²) >= 11 is 1.51. The Hall–Kier alpha value is -3.13. The van der Waals surface area contributed by atoms with Crippen LogP contribution >= 0.6 is 11.3 Å². The molecular formula is C18H17N3O4S. The Morgan fingerprint density at radius 2 is 2.04 bits per heavy atom. The predicted octanol–water partition coefficient (Wildman–Crippen LogP) is 2.63. The van der Waals surface area contributed by atoms with Crippen LogP contribution in [0.1, 0.15) is 0 Å². The molecule has 26 heavy (non-hydrogen) atoms. The van der Waals surface area contributed by atoms with Gasteiger partial charge in [0.05, 0.1) is 24.8 Å². The third kappa shape index (κ3) is 3.92. The van der Waals surface area contributed by atoms with Gasteiger partial charge in [-0.15, -0.1) is 11.3 Å². The highest BCUT2D eigenvalue weighted by Gasteiger charge is 2.12. The molecule has 1 amide bonds. The summed E-state index contributed by atoms with van der Waals surface area (Å²) < 4.78 is 11.5. The van der Waals surface area contributed by atoms with E-state index in [9.17, 15) is 9.59 Å². The number of thiophene rings is 1. The van der Waals surface area contributed by atoms with Gasteiger partial charge in [-0.2, -0.15) is 5.10 Å². The van der Waals surface area contributed by atoms with E-state index in [4.69, 9.17) is 9.47 Å². The number of carbonyl (C=O) groups is 1. The van der Waals surface area contributed by atoms with Gasteiger partial charge in [-0.05, 0) is 29.6 Å². The highest BCUT2D eigenvalue weighted by atomic mass is 32.1. The van der Waals surface area contributed by atoms with Gasteiger partial charge < -0.3 is 14.8 Å². The number of anilines is 1. The first-order valence-corrected chi connectivity index (χ1v) is 8.62. The Morgan fingerprint density at radius 3 is 2.73 bits per heavy atom. The zero-order valence-corrected chi connectivity index (χ0v) is 15.1. The molecule has 2 aromatic heterocycles. The highest BCUT2D eigenvalue weighted by Crippen LogP contribution is 2.29. The van der Waals surface area contributed by atoms with Crippen molar-refractivity contribution in [2.75, 3.05) is 19.5 Å². The van der Waals surface area contributed by atoms with E-state index in [1.54, 1.807) is 31.4 Å². The van der Waals surface area contributed by atoms with Crippen molar-refractivity contribution in [2.45, 2.75) is 6.54 Å². The molecule has 0 aliphatic carbocycles. The van der Waals surface area contributed by atoms with Gasteiger partial charge in [0, 0.05) is 12.1 Å². The topological polar surface area (TPSA) is 82.5 Å². The lowest BCUT2D eigenvalue weighted by Crippen LogP contribution is -2.29. The van der Waals surface area contributed by atoms with Crippen molar-refractivity contribution in [1.82, 2.24) is 9.78 Å². The molecule has 0 fully saturated rings. The maximum absolute atomic E-state index is 12.4. The summed E-state index contributed by atoms with van der Waals surface area (Å²) in [5.74, 6) is 0.693. The largest absolute Gasteiger partial charge is 0.497 e.